The zero-order chi connectivity index (χ0) is 23.1. The number of benzene rings is 1. The number of carbonyl (C=O) groups excluding carboxylic acids is 1. The molecule has 0 radical (unpaired) electrons. The summed E-state index contributed by atoms with van der Waals surface area (Å²) < 4.78 is 67.1. The molecule has 2 atom stereocenters. The summed E-state index contributed by atoms with van der Waals surface area (Å²) >= 11 is 0. The number of alkyl halides is 5. The third-order valence-electron chi connectivity index (χ3n) is 5.17. The molecule has 2 unspecified atom stereocenters. The van der Waals surface area contributed by atoms with Gasteiger partial charge in [-0.3, -0.25) is 4.79 Å². The number of nitrogens with two attached hydrogens (primary N) is 1. The van der Waals surface area contributed by atoms with Crippen LogP contribution in [-0.2, 0) is 6.18 Å². The van der Waals surface area contributed by atoms with Crippen molar-refractivity contribution in [2.24, 2.45) is 5.73 Å². The number of hydrogen-bond acceptors (Lipinski definition) is 6. The van der Waals surface area contributed by atoms with Gasteiger partial charge in [-0.05, 0) is 11.6 Å². The van der Waals surface area contributed by atoms with Gasteiger partial charge in [-0.25, -0.2) is 18.7 Å². The minimum Gasteiger partial charge on any atom is -0.366 e. The van der Waals surface area contributed by atoms with Gasteiger partial charge in [0.25, 0.3) is 11.8 Å². The second-order valence-corrected chi connectivity index (χ2v) is 7.34. The van der Waals surface area contributed by atoms with Crippen molar-refractivity contribution in [3.8, 4) is 5.69 Å². The highest BCUT2D eigenvalue weighted by Gasteiger charge is 2.48. The highest BCUT2D eigenvalue weighted by Crippen LogP contribution is 2.47. The average Bonchev–Trinajstić information content (AvgIpc) is 3.34. The van der Waals surface area contributed by atoms with Crippen molar-refractivity contribution in [2.75, 3.05) is 5.32 Å². The van der Waals surface area contributed by atoms with Gasteiger partial charge in [0.1, 0.15) is 5.69 Å². The van der Waals surface area contributed by atoms with Crippen molar-refractivity contribution in [2.45, 2.75) is 36.9 Å². The molecule has 0 aliphatic heterocycles. The van der Waals surface area contributed by atoms with Crippen LogP contribution < -0.4 is 11.1 Å². The number of aromatic nitrogens is 5. The highest BCUT2D eigenvalue weighted by atomic mass is 19.4. The second kappa shape index (κ2) is 7.80. The Hall–Kier alpha value is -3.64. The molecule has 3 N–H and O–H groups in total. The maximum absolute atomic E-state index is 14.4. The van der Waals surface area contributed by atoms with Gasteiger partial charge in [0.2, 0.25) is 5.95 Å². The van der Waals surface area contributed by atoms with Crippen LogP contribution in [0.4, 0.5) is 27.9 Å². The maximum Gasteiger partial charge on any atom is 0.419 e. The van der Waals surface area contributed by atoms with Gasteiger partial charge in [-0.15, -0.1) is 0 Å². The molecule has 1 fully saturated rings. The summed E-state index contributed by atoms with van der Waals surface area (Å²) in [5, 5.41) is 10.7. The molecule has 0 bridgehead atoms. The van der Waals surface area contributed by atoms with Crippen LogP contribution in [-0.4, -0.2) is 42.8 Å². The molecule has 2 heterocycles. The van der Waals surface area contributed by atoms with Crippen LogP contribution in [0.5, 0.6) is 0 Å². The Bertz CT molecular complexity index is 1120. The van der Waals surface area contributed by atoms with E-state index in [1.807, 2.05) is 0 Å². The first kappa shape index (κ1) is 21.6. The lowest BCUT2D eigenvalue weighted by atomic mass is 9.90. The minimum atomic E-state index is -4.62. The topological polar surface area (TPSA) is 112 Å². The van der Waals surface area contributed by atoms with Crippen LogP contribution in [0, 0.1) is 0 Å². The number of halogens is 5. The number of rotatable bonds is 5. The monoisotopic (exact) mass is 453 g/mol. The Morgan fingerprint density at radius 3 is 2.38 bits per heavy atom. The number of primary amides is 1. The van der Waals surface area contributed by atoms with Crippen LogP contribution in [0.25, 0.3) is 5.69 Å². The first-order chi connectivity index (χ1) is 15.0. The lowest BCUT2D eigenvalue weighted by molar-refractivity contribution is -0.138. The van der Waals surface area contributed by atoms with Crippen molar-refractivity contribution in [3.05, 3.63) is 59.7 Å². The van der Waals surface area contributed by atoms with Crippen molar-refractivity contribution in [1.82, 2.24) is 25.0 Å². The molecule has 8 nitrogen and oxygen atoms in total. The molecule has 168 valence electrons. The predicted octanol–water partition coefficient (Wildman–Crippen LogP) is 3.17. The highest BCUT2D eigenvalue weighted by molar-refractivity contribution is 5.97. The maximum atomic E-state index is 14.4. The van der Waals surface area contributed by atoms with Crippen LogP contribution in [0.2, 0.25) is 0 Å². The SMILES string of the molecule is NC(=O)c1cccc(C2CC(F)(F)CC2Nc2ncc(C(F)(F)F)cn2)c1-n1nccn1. The number of carbonyl (C=O) groups is 1. The second-order valence-electron chi connectivity index (χ2n) is 7.34. The summed E-state index contributed by atoms with van der Waals surface area (Å²) in [6, 6.07) is 3.54. The van der Waals surface area contributed by atoms with E-state index in [2.05, 4.69) is 25.5 Å². The normalized spacial score (nSPS) is 20.3. The molecule has 0 spiro atoms. The van der Waals surface area contributed by atoms with E-state index in [9.17, 15) is 26.7 Å². The average molecular weight is 453 g/mol. The fraction of sp³-hybridized carbons (Fsp3) is 0.316. The number of hydrogen-bond donors (Lipinski definition) is 2. The van der Waals surface area contributed by atoms with Crippen LogP contribution in [0.3, 0.4) is 0 Å². The molecule has 32 heavy (non-hydrogen) atoms. The van der Waals surface area contributed by atoms with Gasteiger partial charge in [0, 0.05) is 37.2 Å². The summed E-state index contributed by atoms with van der Waals surface area (Å²) in [6.45, 7) is 0. The third kappa shape index (κ3) is 4.22. The van der Waals surface area contributed by atoms with Crippen LogP contribution >= 0.6 is 0 Å². The van der Waals surface area contributed by atoms with E-state index >= 15 is 0 Å². The van der Waals surface area contributed by atoms with E-state index in [0.29, 0.717) is 18.0 Å². The number of para-hydroxylation sites is 1. The Morgan fingerprint density at radius 1 is 1.12 bits per heavy atom. The van der Waals surface area contributed by atoms with Crippen molar-refractivity contribution in [1.29, 1.82) is 0 Å². The Kier molecular flexibility index (Phi) is 5.26. The van der Waals surface area contributed by atoms with Gasteiger partial charge in [0.05, 0.1) is 23.5 Å². The molecule has 1 saturated carbocycles. The first-order valence-corrected chi connectivity index (χ1v) is 9.38. The summed E-state index contributed by atoms with van der Waals surface area (Å²) in [6.07, 6.45) is -1.96. The number of nitrogens with one attached hydrogen (secondary N) is 1. The van der Waals surface area contributed by atoms with Crippen LogP contribution in [0.15, 0.2) is 43.0 Å². The Labute approximate surface area is 177 Å². The number of nitrogens with zero attached hydrogens (tertiary/aromatic N) is 5. The van der Waals surface area contributed by atoms with Gasteiger partial charge < -0.3 is 11.1 Å². The molecular weight excluding hydrogens is 437 g/mol. The van der Waals surface area contributed by atoms with E-state index in [0.717, 1.165) is 4.80 Å². The molecule has 4 rings (SSSR count). The largest absolute Gasteiger partial charge is 0.419 e. The molecular formula is C19H16F5N7O. The van der Waals surface area contributed by atoms with Gasteiger partial charge in [-0.2, -0.15) is 28.2 Å². The van der Waals surface area contributed by atoms with Crippen LogP contribution in [0.1, 0.15) is 40.2 Å². The number of amides is 1. The summed E-state index contributed by atoms with van der Waals surface area (Å²) in [5.41, 5.74) is 4.94. The first-order valence-electron chi connectivity index (χ1n) is 9.38. The molecule has 1 aliphatic carbocycles. The molecule has 1 aromatic carbocycles. The minimum absolute atomic E-state index is 0.0402. The fourth-order valence-electron chi connectivity index (χ4n) is 3.82. The van der Waals surface area contributed by atoms with Gasteiger partial charge in [-0.1, -0.05) is 12.1 Å². The molecule has 2 aromatic heterocycles. The van der Waals surface area contributed by atoms with E-state index in [1.165, 1.54) is 24.5 Å². The molecule has 3 aromatic rings. The fourth-order valence-corrected chi connectivity index (χ4v) is 3.82. The van der Waals surface area contributed by atoms with Crippen molar-refractivity contribution < 1.29 is 26.7 Å². The predicted molar refractivity (Wildman–Crippen MR) is 101 cm³/mol. The molecule has 1 aliphatic rings. The van der Waals surface area contributed by atoms with Crippen molar-refractivity contribution >= 4 is 11.9 Å². The van der Waals surface area contributed by atoms with E-state index in [1.54, 1.807) is 6.07 Å². The van der Waals surface area contributed by atoms with Gasteiger partial charge >= 0.3 is 6.18 Å². The molecule has 0 saturated heterocycles. The third-order valence-corrected chi connectivity index (χ3v) is 5.17. The van der Waals surface area contributed by atoms with Crippen molar-refractivity contribution in [3.63, 3.8) is 0 Å². The quantitative estimate of drug-likeness (QED) is 0.574. The van der Waals surface area contributed by atoms with Gasteiger partial charge in [0.15, 0.2) is 0 Å². The van der Waals surface area contributed by atoms with E-state index < -0.39 is 48.4 Å². The zero-order valence-electron chi connectivity index (χ0n) is 16.2. The lowest BCUT2D eigenvalue weighted by Gasteiger charge is -2.23. The zero-order valence-corrected chi connectivity index (χ0v) is 16.2. The lowest BCUT2D eigenvalue weighted by Crippen LogP contribution is -2.26. The summed E-state index contributed by atoms with van der Waals surface area (Å²) in [5.74, 6) is -4.96. The number of anilines is 1. The molecule has 13 heteroatoms. The van der Waals surface area contributed by atoms with E-state index in [-0.39, 0.29) is 17.2 Å². The Morgan fingerprint density at radius 2 is 1.78 bits per heavy atom. The van der Waals surface area contributed by atoms with E-state index in [4.69, 9.17) is 5.73 Å². The summed E-state index contributed by atoms with van der Waals surface area (Å²) in [7, 11) is 0. The summed E-state index contributed by atoms with van der Waals surface area (Å²) in [4.78, 5) is 20.3. The standard InChI is InChI=1S/C19H16F5N7O/c20-18(21)6-13(14(7-18)30-17-26-8-10(9-27-17)19(22,23)24)11-2-1-3-12(16(25)32)15(11)31-28-4-5-29-31/h1-5,8-9,13-14H,6-7H2,(H2,25,32)(H,26,27,30). The Balaban J connectivity index is 1.72. The smallest absolute Gasteiger partial charge is 0.366 e. The molecule has 1 amide bonds.